The van der Waals surface area contributed by atoms with Gasteiger partial charge in [-0.25, -0.2) is 12.4 Å². The number of aryl methyl sites for hydroxylation is 2. The van der Waals surface area contributed by atoms with Crippen LogP contribution in [0.5, 0.6) is 0 Å². The summed E-state index contributed by atoms with van der Waals surface area (Å²) in [5.74, 6) is 0. The summed E-state index contributed by atoms with van der Waals surface area (Å²) in [6.07, 6.45) is 1.54. The molecule has 0 fully saturated rings. The van der Waals surface area contributed by atoms with E-state index in [9.17, 15) is 8.42 Å². The lowest BCUT2D eigenvalue weighted by molar-refractivity contribution is 0.589. The number of hydrogen-bond donors (Lipinski definition) is 0. The van der Waals surface area contributed by atoms with Crippen molar-refractivity contribution in [3.8, 4) is 0 Å². The van der Waals surface area contributed by atoms with Crippen LogP contribution in [-0.2, 0) is 10.0 Å². The number of rotatable bonds is 2. The molecular weight excluding hydrogens is 352 g/mol. The van der Waals surface area contributed by atoms with E-state index in [-0.39, 0.29) is 4.90 Å². The smallest absolute Gasteiger partial charge is 0.250 e. The van der Waals surface area contributed by atoms with Crippen LogP contribution >= 0.6 is 15.9 Å². The molecule has 6 heteroatoms. The van der Waals surface area contributed by atoms with Crippen LogP contribution in [0.25, 0.3) is 11.0 Å². The van der Waals surface area contributed by atoms with Gasteiger partial charge in [-0.1, -0.05) is 17.7 Å². The molecule has 3 rings (SSSR count). The highest BCUT2D eigenvalue weighted by Crippen LogP contribution is 2.25. The van der Waals surface area contributed by atoms with Gasteiger partial charge < -0.3 is 0 Å². The Morgan fingerprint density at radius 2 is 1.76 bits per heavy atom. The molecule has 0 amide bonds. The van der Waals surface area contributed by atoms with Gasteiger partial charge in [-0.15, -0.1) is 0 Å². The number of hydrogen-bond acceptors (Lipinski definition) is 3. The summed E-state index contributed by atoms with van der Waals surface area (Å²) in [4.78, 5) is 4.65. The molecular formula is C15H13BrN2O2S. The minimum Gasteiger partial charge on any atom is -0.250 e. The predicted molar refractivity (Wildman–Crippen MR) is 85.9 cm³/mol. The van der Waals surface area contributed by atoms with Crippen molar-refractivity contribution in [1.29, 1.82) is 0 Å². The van der Waals surface area contributed by atoms with Crippen molar-refractivity contribution in [2.24, 2.45) is 0 Å². The molecule has 0 N–H and O–H groups in total. The number of fused-ring (bicyclic) bond motifs is 1. The molecule has 0 atom stereocenters. The van der Waals surface area contributed by atoms with E-state index in [1.807, 2.05) is 13.8 Å². The van der Waals surface area contributed by atoms with Crippen LogP contribution in [0.1, 0.15) is 11.3 Å². The first-order valence-corrected chi connectivity index (χ1v) is 8.59. The fourth-order valence-electron chi connectivity index (χ4n) is 2.14. The van der Waals surface area contributed by atoms with Crippen molar-refractivity contribution in [2.75, 3.05) is 0 Å². The topological polar surface area (TPSA) is 52.0 Å². The third kappa shape index (κ3) is 2.38. The average molecular weight is 365 g/mol. The van der Waals surface area contributed by atoms with Gasteiger partial charge in [-0.05, 0) is 54.0 Å². The van der Waals surface area contributed by atoms with Crippen LogP contribution in [0.15, 0.2) is 52.0 Å². The largest absolute Gasteiger partial charge is 0.268 e. The maximum absolute atomic E-state index is 12.7. The number of pyridine rings is 1. The quantitative estimate of drug-likeness (QED) is 0.697. The maximum Gasteiger partial charge on any atom is 0.268 e. The van der Waals surface area contributed by atoms with Gasteiger partial charge in [0, 0.05) is 10.7 Å². The van der Waals surface area contributed by atoms with E-state index >= 15 is 0 Å². The molecule has 0 saturated carbocycles. The van der Waals surface area contributed by atoms with Crippen LogP contribution in [0, 0.1) is 13.8 Å². The molecule has 0 aliphatic carbocycles. The van der Waals surface area contributed by atoms with Crippen LogP contribution in [0.2, 0.25) is 0 Å². The molecule has 0 aliphatic heterocycles. The number of benzene rings is 1. The molecule has 21 heavy (non-hydrogen) atoms. The Balaban J connectivity index is 2.24. The van der Waals surface area contributed by atoms with Gasteiger partial charge in [-0.2, -0.15) is 0 Å². The fraction of sp³-hybridized carbons (Fsp3) is 0.133. The first-order chi connectivity index (χ1) is 9.89. The molecule has 0 unspecified atom stereocenters. The van der Waals surface area contributed by atoms with E-state index in [0.29, 0.717) is 11.0 Å². The molecule has 0 bridgehead atoms. The Morgan fingerprint density at radius 3 is 2.43 bits per heavy atom. The lowest BCUT2D eigenvalue weighted by Crippen LogP contribution is -2.11. The zero-order valence-corrected chi connectivity index (χ0v) is 13.9. The molecule has 3 aromatic rings. The molecule has 108 valence electrons. The number of halogens is 1. The van der Waals surface area contributed by atoms with Gasteiger partial charge in [0.25, 0.3) is 10.0 Å². The van der Waals surface area contributed by atoms with Gasteiger partial charge in [-0.3, -0.25) is 4.98 Å². The Labute approximate surface area is 131 Å². The highest BCUT2D eigenvalue weighted by molar-refractivity contribution is 9.10. The van der Waals surface area contributed by atoms with Crippen molar-refractivity contribution < 1.29 is 8.42 Å². The second kappa shape index (κ2) is 4.96. The van der Waals surface area contributed by atoms with Crippen LogP contribution in [0.3, 0.4) is 0 Å². The van der Waals surface area contributed by atoms with E-state index < -0.39 is 10.0 Å². The third-order valence-electron chi connectivity index (χ3n) is 3.34. The molecule has 4 nitrogen and oxygen atoms in total. The summed E-state index contributed by atoms with van der Waals surface area (Å²) in [7, 11) is -3.61. The zero-order chi connectivity index (χ0) is 15.2. The maximum atomic E-state index is 12.7. The standard InChI is InChI=1S/C15H13BrN2O2S/c1-10-3-5-12(6-4-10)21(19,20)18-8-7-14-15(18)9-13(16)11(2)17-14/h3-9H,1-2H3. The first kappa shape index (κ1) is 14.3. The summed E-state index contributed by atoms with van der Waals surface area (Å²) in [6.45, 7) is 3.79. The Hall–Kier alpha value is -1.66. The van der Waals surface area contributed by atoms with Crippen molar-refractivity contribution in [1.82, 2.24) is 8.96 Å². The van der Waals surface area contributed by atoms with Crippen molar-refractivity contribution in [3.05, 3.63) is 58.3 Å². The second-order valence-corrected chi connectivity index (χ2v) is 7.56. The van der Waals surface area contributed by atoms with E-state index in [2.05, 4.69) is 20.9 Å². The zero-order valence-electron chi connectivity index (χ0n) is 11.5. The first-order valence-electron chi connectivity index (χ1n) is 6.36. The summed E-state index contributed by atoms with van der Waals surface area (Å²) in [5, 5.41) is 0. The van der Waals surface area contributed by atoms with Gasteiger partial charge in [0.2, 0.25) is 0 Å². The van der Waals surface area contributed by atoms with Crippen LogP contribution < -0.4 is 0 Å². The lowest BCUT2D eigenvalue weighted by Gasteiger charge is -2.08. The molecule has 0 radical (unpaired) electrons. The Kier molecular flexibility index (Phi) is 3.37. The summed E-state index contributed by atoms with van der Waals surface area (Å²) < 4.78 is 27.5. The van der Waals surface area contributed by atoms with E-state index in [1.165, 1.54) is 3.97 Å². The van der Waals surface area contributed by atoms with Crippen LogP contribution in [-0.4, -0.2) is 17.4 Å². The minimum absolute atomic E-state index is 0.266. The Bertz CT molecular complexity index is 928. The normalized spacial score (nSPS) is 12.0. The molecule has 1 aromatic carbocycles. The van der Waals surface area contributed by atoms with Gasteiger partial charge in [0.15, 0.2) is 0 Å². The van der Waals surface area contributed by atoms with Crippen molar-refractivity contribution in [2.45, 2.75) is 18.7 Å². The minimum atomic E-state index is -3.61. The summed E-state index contributed by atoms with van der Waals surface area (Å²) in [5.41, 5.74) is 3.07. The van der Waals surface area contributed by atoms with Gasteiger partial charge in [0.05, 0.1) is 21.6 Å². The SMILES string of the molecule is Cc1ccc(S(=O)(=O)n2ccc3nc(C)c(Br)cc32)cc1. The molecule has 0 aliphatic rings. The second-order valence-electron chi connectivity index (χ2n) is 4.89. The number of nitrogens with zero attached hydrogens (tertiary/aromatic N) is 2. The fourth-order valence-corrected chi connectivity index (χ4v) is 3.78. The lowest BCUT2D eigenvalue weighted by atomic mass is 10.2. The van der Waals surface area contributed by atoms with Gasteiger partial charge >= 0.3 is 0 Å². The summed E-state index contributed by atoms with van der Waals surface area (Å²) in [6, 6.07) is 10.3. The van der Waals surface area contributed by atoms with Crippen molar-refractivity contribution >= 4 is 37.0 Å². The predicted octanol–water partition coefficient (Wildman–Crippen LogP) is 3.65. The summed E-state index contributed by atoms with van der Waals surface area (Å²) >= 11 is 3.40. The highest BCUT2D eigenvalue weighted by atomic mass is 79.9. The molecule has 0 saturated heterocycles. The van der Waals surface area contributed by atoms with E-state index in [1.54, 1.807) is 42.6 Å². The Morgan fingerprint density at radius 1 is 1.10 bits per heavy atom. The number of aromatic nitrogens is 2. The molecule has 2 aromatic heterocycles. The van der Waals surface area contributed by atoms with Crippen LogP contribution in [0.4, 0.5) is 0 Å². The average Bonchev–Trinajstić information content (AvgIpc) is 2.83. The highest BCUT2D eigenvalue weighted by Gasteiger charge is 2.19. The van der Waals surface area contributed by atoms with Gasteiger partial charge in [0.1, 0.15) is 0 Å². The monoisotopic (exact) mass is 364 g/mol. The van der Waals surface area contributed by atoms with E-state index in [0.717, 1.165) is 15.7 Å². The van der Waals surface area contributed by atoms with E-state index in [4.69, 9.17) is 0 Å². The third-order valence-corrected chi connectivity index (χ3v) is 5.85. The molecule has 2 heterocycles. The molecule has 0 spiro atoms. The van der Waals surface area contributed by atoms with Crippen molar-refractivity contribution in [3.63, 3.8) is 0 Å².